The standard InChI is InChI=1S/C18H24N2O4S/c1-13(2)16-9-5-7-14(3)18(16)19-17(21)12-20(25(4,22)23)11-15-8-6-10-24-15/h5-10,13H,11-12H2,1-4H3,(H,19,21). The summed E-state index contributed by atoms with van der Waals surface area (Å²) in [4.78, 5) is 12.5. The Labute approximate surface area is 148 Å². The fourth-order valence-corrected chi connectivity index (χ4v) is 3.26. The Kier molecular flexibility index (Phi) is 6.02. The third-order valence-corrected chi connectivity index (χ3v) is 5.09. The minimum absolute atomic E-state index is 0.0179. The smallest absolute Gasteiger partial charge is 0.239 e. The molecule has 0 bridgehead atoms. The van der Waals surface area contributed by atoms with E-state index in [1.165, 1.54) is 6.26 Å². The summed E-state index contributed by atoms with van der Waals surface area (Å²) in [6.07, 6.45) is 2.55. The normalized spacial score (nSPS) is 11.9. The summed E-state index contributed by atoms with van der Waals surface area (Å²) in [5.41, 5.74) is 2.70. The minimum Gasteiger partial charge on any atom is -0.468 e. The van der Waals surface area contributed by atoms with Crippen molar-refractivity contribution < 1.29 is 17.6 Å². The van der Waals surface area contributed by atoms with Gasteiger partial charge in [-0.1, -0.05) is 32.0 Å². The number of amides is 1. The number of anilines is 1. The van der Waals surface area contributed by atoms with E-state index in [0.717, 1.165) is 27.4 Å². The number of furan rings is 1. The topological polar surface area (TPSA) is 79.6 Å². The van der Waals surface area contributed by atoms with Gasteiger partial charge in [-0.2, -0.15) is 4.31 Å². The number of para-hydroxylation sites is 1. The zero-order valence-corrected chi connectivity index (χ0v) is 15.8. The van der Waals surface area contributed by atoms with Crippen molar-refractivity contribution >= 4 is 21.6 Å². The van der Waals surface area contributed by atoms with Crippen LogP contribution in [0.3, 0.4) is 0 Å². The van der Waals surface area contributed by atoms with Gasteiger partial charge >= 0.3 is 0 Å². The molecule has 0 fully saturated rings. The molecule has 0 aliphatic carbocycles. The number of hydrogen-bond acceptors (Lipinski definition) is 4. The van der Waals surface area contributed by atoms with Crippen molar-refractivity contribution in [3.05, 3.63) is 53.5 Å². The first-order valence-corrected chi connectivity index (χ1v) is 9.90. The lowest BCUT2D eigenvalue weighted by Crippen LogP contribution is -2.37. The van der Waals surface area contributed by atoms with Gasteiger partial charge in [0.2, 0.25) is 15.9 Å². The number of aryl methyl sites for hydroxylation is 1. The molecule has 6 nitrogen and oxygen atoms in total. The van der Waals surface area contributed by atoms with Crippen molar-refractivity contribution in [1.29, 1.82) is 0 Å². The van der Waals surface area contributed by atoms with Crippen LogP contribution in [0.25, 0.3) is 0 Å². The molecular formula is C18H24N2O4S. The highest BCUT2D eigenvalue weighted by Gasteiger charge is 2.22. The van der Waals surface area contributed by atoms with E-state index in [9.17, 15) is 13.2 Å². The average Bonchev–Trinajstić information content (AvgIpc) is 3.00. The molecule has 2 aromatic rings. The maximum atomic E-state index is 12.5. The second-order valence-electron chi connectivity index (χ2n) is 6.35. The van der Waals surface area contributed by atoms with Crippen molar-refractivity contribution in [1.82, 2.24) is 4.31 Å². The number of benzene rings is 1. The first kappa shape index (κ1) is 19.2. The molecule has 1 N–H and O–H groups in total. The molecule has 1 heterocycles. The van der Waals surface area contributed by atoms with E-state index in [2.05, 4.69) is 5.32 Å². The van der Waals surface area contributed by atoms with Gasteiger partial charge in [-0.3, -0.25) is 4.79 Å². The average molecular weight is 364 g/mol. The zero-order chi connectivity index (χ0) is 18.6. The van der Waals surface area contributed by atoms with E-state index in [4.69, 9.17) is 4.42 Å². The van der Waals surface area contributed by atoms with Crippen LogP contribution in [0.1, 0.15) is 36.7 Å². The summed E-state index contributed by atoms with van der Waals surface area (Å²) in [5, 5.41) is 2.87. The molecule has 0 aliphatic rings. The summed E-state index contributed by atoms with van der Waals surface area (Å²) in [6, 6.07) is 9.18. The molecule has 0 saturated carbocycles. The van der Waals surface area contributed by atoms with Gasteiger partial charge in [0.25, 0.3) is 0 Å². The van der Waals surface area contributed by atoms with Crippen molar-refractivity contribution in [2.45, 2.75) is 33.2 Å². The van der Waals surface area contributed by atoms with Crippen molar-refractivity contribution in [2.24, 2.45) is 0 Å². The van der Waals surface area contributed by atoms with E-state index in [1.54, 1.807) is 12.1 Å². The molecule has 1 aromatic heterocycles. The number of hydrogen-bond donors (Lipinski definition) is 1. The molecule has 7 heteroatoms. The van der Waals surface area contributed by atoms with Crippen LogP contribution in [0.15, 0.2) is 41.0 Å². The molecule has 0 atom stereocenters. The molecule has 1 aromatic carbocycles. The number of sulfonamides is 1. The monoisotopic (exact) mass is 364 g/mol. The van der Waals surface area contributed by atoms with Crippen LogP contribution in [0.2, 0.25) is 0 Å². The molecule has 25 heavy (non-hydrogen) atoms. The Morgan fingerprint density at radius 3 is 2.52 bits per heavy atom. The van der Waals surface area contributed by atoms with Gasteiger partial charge in [0.15, 0.2) is 0 Å². The summed E-state index contributed by atoms with van der Waals surface area (Å²) >= 11 is 0. The van der Waals surface area contributed by atoms with E-state index < -0.39 is 10.0 Å². The first-order valence-electron chi connectivity index (χ1n) is 8.05. The lowest BCUT2D eigenvalue weighted by Gasteiger charge is -2.20. The SMILES string of the molecule is Cc1cccc(C(C)C)c1NC(=O)CN(Cc1ccco1)S(C)(=O)=O. The van der Waals surface area contributed by atoms with E-state index >= 15 is 0 Å². The first-order chi connectivity index (χ1) is 11.7. The van der Waals surface area contributed by atoms with Crippen LogP contribution >= 0.6 is 0 Å². The van der Waals surface area contributed by atoms with Crippen LogP contribution in [-0.2, 0) is 21.4 Å². The Hall–Kier alpha value is -2.12. The second-order valence-corrected chi connectivity index (χ2v) is 8.33. The van der Waals surface area contributed by atoms with Crippen LogP contribution in [-0.4, -0.2) is 31.4 Å². The van der Waals surface area contributed by atoms with E-state index in [-0.39, 0.29) is 24.9 Å². The van der Waals surface area contributed by atoms with Gasteiger partial charge < -0.3 is 9.73 Å². The largest absolute Gasteiger partial charge is 0.468 e. The van der Waals surface area contributed by atoms with Crippen LogP contribution in [0, 0.1) is 6.92 Å². The van der Waals surface area contributed by atoms with E-state index in [1.807, 2.05) is 39.0 Å². The Morgan fingerprint density at radius 2 is 1.96 bits per heavy atom. The molecule has 0 saturated heterocycles. The molecule has 2 rings (SSSR count). The van der Waals surface area contributed by atoms with Gasteiger partial charge in [0, 0.05) is 5.69 Å². The lowest BCUT2D eigenvalue weighted by atomic mass is 9.98. The number of carbonyl (C=O) groups is 1. The summed E-state index contributed by atoms with van der Waals surface area (Å²) < 4.78 is 30.3. The summed E-state index contributed by atoms with van der Waals surface area (Å²) in [5.74, 6) is 0.342. The molecule has 136 valence electrons. The number of rotatable bonds is 7. The highest BCUT2D eigenvalue weighted by Crippen LogP contribution is 2.27. The third-order valence-electron chi connectivity index (χ3n) is 3.89. The van der Waals surface area contributed by atoms with Crippen LogP contribution in [0.5, 0.6) is 0 Å². The Balaban J connectivity index is 2.17. The van der Waals surface area contributed by atoms with Gasteiger partial charge in [-0.25, -0.2) is 8.42 Å². The Morgan fingerprint density at radius 1 is 1.24 bits per heavy atom. The molecule has 0 spiro atoms. The van der Waals surface area contributed by atoms with Crippen molar-refractivity contribution in [2.75, 3.05) is 18.1 Å². The van der Waals surface area contributed by atoms with Crippen LogP contribution in [0.4, 0.5) is 5.69 Å². The quantitative estimate of drug-likeness (QED) is 0.819. The van der Waals surface area contributed by atoms with Gasteiger partial charge in [0.1, 0.15) is 5.76 Å². The predicted octanol–water partition coefficient (Wildman–Crippen LogP) is 3.11. The van der Waals surface area contributed by atoms with Crippen molar-refractivity contribution in [3.63, 3.8) is 0 Å². The fourth-order valence-electron chi connectivity index (χ4n) is 2.55. The maximum Gasteiger partial charge on any atom is 0.239 e. The maximum absolute atomic E-state index is 12.5. The van der Waals surface area contributed by atoms with Crippen molar-refractivity contribution in [3.8, 4) is 0 Å². The molecule has 0 radical (unpaired) electrons. The predicted molar refractivity (Wildman–Crippen MR) is 97.9 cm³/mol. The molecule has 0 unspecified atom stereocenters. The highest BCUT2D eigenvalue weighted by molar-refractivity contribution is 7.88. The zero-order valence-electron chi connectivity index (χ0n) is 14.9. The van der Waals surface area contributed by atoms with Gasteiger partial charge in [-0.05, 0) is 36.1 Å². The van der Waals surface area contributed by atoms with Crippen LogP contribution < -0.4 is 5.32 Å². The van der Waals surface area contributed by atoms with Gasteiger partial charge in [-0.15, -0.1) is 0 Å². The third kappa shape index (κ3) is 5.17. The number of nitrogens with zero attached hydrogens (tertiary/aromatic N) is 1. The molecule has 0 aliphatic heterocycles. The second kappa shape index (κ2) is 7.84. The number of carbonyl (C=O) groups excluding carboxylic acids is 1. The molecule has 1 amide bonds. The number of nitrogens with one attached hydrogen (secondary N) is 1. The summed E-state index contributed by atoms with van der Waals surface area (Å²) in [6.45, 7) is 5.75. The highest BCUT2D eigenvalue weighted by atomic mass is 32.2. The minimum atomic E-state index is -3.55. The fraction of sp³-hybridized carbons (Fsp3) is 0.389. The lowest BCUT2D eigenvalue weighted by molar-refractivity contribution is -0.116. The van der Waals surface area contributed by atoms with E-state index in [0.29, 0.717) is 5.76 Å². The van der Waals surface area contributed by atoms with Gasteiger partial charge in [0.05, 0.1) is 25.6 Å². The Bertz CT molecular complexity index is 827. The summed E-state index contributed by atoms with van der Waals surface area (Å²) in [7, 11) is -3.55. The molecular weight excluding hydrogens is 340 g/mol.